The molecule has 1 aliphatic carbocycles. The van der Waals surface area contributed by atoms with Gasteiger partial charge >= 0.3 is 6.18 Å². The number of para-hydroxylation sites is 2. The lowest BCUT2D eigenvalue weighted by Crippen LogP contribution is -2.27. The van der Waals surface area contributed by atoms with Crippen molar-refractivity contribution in [3.63, 3.8) is 0 Å². The molecule has 33 heavy (non-hydrogen) atoms. The fourth-order valence-corrected chi connectivity index (χ4v) is 4.43. The van der Waals surface area contributed by atoms with E-state index >= 15 is 0 Å². The van der Waals surface area contributed by atoms with Crippen molar-refractivity contribution in [1.82, 2.24) is 15.5 Å². The molecule has 1 heterocycles. The summed E-state index contributed by atoms with van der Waals surface area (Å²) in [6.45, 7) is 0. The summed E-state index contributed by atoms with van der Waals surface area (Å²) in [4.78, 5) is 24.8. The van der Waals surface area contributed by atoms with E-state index in [4.69, 9.17) is 0 Å². The van der Waals surface area contributed by atoms with Crippen molar-refractivity contribution in [2.75, 3.05) is 16.4 Å². The second-order valence-electron chi connectivity index (χ2n) is 7.17. The molecule has 4 rings (SSSR count). The number of carbonyl (C=O) groups is 2. The molecule has 1 aliphatic rings. The number of amides is 2. The Balaban J connectivity index is 1.34. The van der Waals surface area contributed by atoms with Crippen LogP contribution < -0.4 is 16.0 Å². The minimum absolute atomic E-state index is 0.00759. The predicted octanol–water partition coefficient (Wildman–Crippen LogP) is 4.92. The van der Waals surface area contributed by atoms with Crippen LogP contribution >= 0.6 is 23.1 Å². The van der Waals surface area contributed by atoms with E-state index in [9.17, 15) is 22.8 Å². The average molecular weight is 494 g/mol. The Hall–Kier alpha value is -3.12. The normalized spacial score (nSPS) is 13.4. The lowest BCUT2D eigenvalue weighted by molar-refractivity contribution is -0.136. The van der Waals surface area contributed by atoms with Crippen LogP contribution in [-0.4, -0.2) is 33.8 Å². The van der Waals surface area contributed by atoms with Gasteiger partial charge in [0.05, 0.1) is 28.3 Å². The van der Waals surface area contributed by atoms with Crippen molar-refractivity contribution < 1.29 is 22.8 Å². The van der Waals surface area contributed by atoms with Gasteiger partial charge in [-0.2, -0.15) is 13.2 Å². The summed E-state index contributed by atoms with van der Waals surface area (Å²) >= 11 is 2.13. The number of carbonyl (C=O) groups excluding carboxylic acids is 2. The molecule has 0 unspecified atom stereocenters. The second-order valence-corrected chi connectivity index (χ2v) is 9.37. The summed E-state index contributed by atoms with van der Waals surface area (Å²) < 4.78 is 39.8. The SMILES string of the molecule is O=C(CSc1nnc(Nc2ccccc2C(F)(F)F)s1)Nc1ccccc1C(=O)NC1CC1. The van der Waals surface area contributed by atoms with E-state index in [2.05, 4.69) is 26.1 Å². The number of anilines is 3. The number of hydrogen-bond donors (Lipinski definition) is 3. The number of alkyl halides is 3. The highest BCUT2D eigenvalue weighted by Gasteiger charge is 2.33. The maximum Gasteiger partial charge on any atom is 0.418 e. The molecule has 3 aromatic rings. The molecule has 0 bridgehead atoms. The molecular formula is C21H18F3N5O2S2. The van der Waals surface area contributed by atoms with Crippen LogP contribution in [0, 0.1) is 0 Å². The van der Waals surface area contributed by atoms with Crippen LogP contribution in [0.3, 0.4) is 0 Å². The number of benzene rings is 2. The Labute approximate surface area is 195 Å². The highest BCUT2D eigenvalue weighted by molar-refractivity contribution is 8.01. The van der Waals surface area contributed by atoms with E-state index in [1.54, 1.807) is 24.3 Å². The van der Waals surface area contributed by atoms with Crippen molar-refractivity contribution in [1.29, 1.82) is 0 Å². The molecule has 0 radical (unpaired) electrons. The van der Waals surface area contributed by atoms with Gasteiger partial charge in [0.25, 0.3) is 5.91 Å². The molecule has 1 aromatic heterocycles. The smallest absolute Gasteiger partial charge is 0.349 e. The molecule has 7 nitrogen and oxygen atoms in total. The third-order valence-corrected chi connectivity index (χ3v) is 6.54. The van der Waals surface area contributed by atoms with E-state index in [-0.39, 0.29) is 34.4 Å². The fraction of sp³-hybridized carbons (Fsp3) is 0.238. The van der Waals surface area contributed by atoms with Crippen molar-refractivity contribution in [3.05, 3.63) is 59.7 Å². The summed E-state index contributed by atoms with van der Waals surface area (Å²) in [6.07, 6.45) is -2.59. The van der Waals surface area contributed by atoms with Crippen LogP contribution in [0.2, 0.25) is 0 Å². The molecule has 172 valence electrons. The quantitative estimate of drug-likeness (QED) is 0.386. The van der Waals surface area contributed by atoms with Crippen LogP contribution in [-0.2, 0) is 11.0 Å². The number of thioether (sulfide) groups is 1. The van der Waals surface area contributed by atoms with Gasteiger partial charge < -0.3 is 16.0 Å². The third kappa shape index (κ3) is 6.23. The summed E-state index contributed by atoms with van der Waals surface area (Å²) in [5.41, 5.74) is -0.146. The Morgan fingerprint density at radius 1 is 1.03 bits per heavy atom. The third-order valence-electron chi connectivity index (χ3n) is 4.57. The average Bonchev–Trinajstić information content (AvgIpc) is 3.48. The zero-order valence-electron chi connectivity index (χ0n) is 17.0. The lowest BCUT2D eigenvalue weighted by Gasteiger charge is -2.12. The maximum atomic E-state index is 13.1. The fourth-order valence-electron chi connectivity index (χ4n) is 2.87. The van der Waals surface area contributed by atoms with Gasteiger partial charge in [-0.3, -0.25) is 9.59 Å². The molecule has 2 aromatic carbocycles. The minimum Gasteiger partial charge on any atom is -0.349 e. The van der Waals surface area contributed by atoms with E-state index in [1.165, 1.54) is 18.2 Å². The molecule has 12 heteroatoms. The van der Waals surface area contributed by atoms with Crippen LogP contribution in [0.25, 0.3) is 0 Å². The summed E-state index contributed by atoms with van der Waals surface area (Å²) in [5.74, 6) is -0.592. The minimum atomic E-state index is -4.50. The number of rotatable bonds is 8. The Morgan fingerprint density at radius 3 is 2.45 bits per heavy atom. The Bertz CT molecular complexity index is 1160. The van der Waals surface area contributed by atoms with Crippen molar-refractivity contribution in [2.45, 2.75) is 29.4 Å². The number of aromatic nitrogens is 2. The highest BCUT2D eigenvalue weighted by Crippen LogP contribution is 2.37. The number of nitrogens with zero attached hydrogens (tertiary/aromatic N) is 2. The van der Waals surface area contributed by atoms with Crippen LogP contribution in [0.4, 0.5) is 29.7 Å². The largest absolute Gasteiger partial charge is 0.418 e. The number of halogens is 3. The van der Waals surface area contributed by atoms with E-state index in [0.717, 1.165) is 42.0 Å². The first-order valence-corrected chi connectivity index (χ1v) is 11.7. The molecule has 0 aliphatic heterocycles. The molecular weight excluding hydrogens is 475 g/mol. The molecule has 0 saturated heterocycles. The number of nitrogens with one attached hydrogen (secondary N) is 3. The predicted molar refractivity (Wildman–Crippen MR) is 121 cm³/mol. The second kappa shape index (κ2) is 9.79. The van der Waals surface area contributed by atoms with Gasteiger partial charge in [-0.25, -0.2) is 0 Å². The summed E-state index contributed by atoms with van der Waals surface area (Å²) in [5, 5.41) is 16.2. The van der Waals surface area contributed by atoms with Gasteiger partial charge in [0.2, 0.25) is 11.0 Å². The zero-order valence-corrected chi connectivity index (χ0v) is 18.6. The summed E-state index contributed by atoms with van der Waals surface area (Å²) in [6, 6.07) is 12.0. The van der Waals surface area contributed by atoms with Crippen LogP contribution in [0.1, 0.15) is 28.8 Å². The number of hydrogen-bond acceptors (Lipinski definition) is 7. The van der Waals surface area contributed by atoms with Gasteiger partial charge in [-0.1, -0.05) is 47.4 Å². The maximum absolute atomic E-state index is 13.1. The van der Waals surface area contributed by atoms with Gasteiger partial charge in [-0.05, 0) is 37.1 Å². The van der Waals surface area contributed by atoms with E-state index < -0.39 is 11.7 Å². The van der Waals surface area contributed by atoms with E-state index in [1.807, 2.05) is 0 Å². The molecule has 1 saturated carbocycles. The first kappa shape index (κ1) is 23.1. The topological polar surface area (TPSA) is 96.0 Å². The van der Waals surface area contributed by atoms with Crippen molar-refractivity contribution in [3.8, 4) is 0 Å². The first-order chi connectivity index (χ1) is 15.8. The van der Waals surface area contributed by atoms with Crippen molar-refractivity contribution in [2.24, 2.45) is 0 Å². The highest BCUT2D eigenvalue weighted by atomic mass is 32.2. The molecule has 0 atom stereocenters. The molecule has 0 spiro atoms. The molecule has 3 N–H and O–H groups in total. The van der Waals surface area contributed by atoms with Gasteiger partial charge in [0, 0.05) is 6.04 Å². The monoisotopic (exact) mass is 493 g/mol. The first-order valence-electron chi connectivity index (χ1n) is 9.89. The van der Waals surface area contributed by atoms with Crippen LogP contribution in [0.5, 0.6) is 0 Å². The Morgan fingerprint density at radius 2 is 1.73 bits per heavy atom. The standard InChI is InChI=1S/C21H18F3N5O2S2/c22-21(23,24)14-6-2-4-8-16(14)27-19-28-29-20(33-19)32-11-17(30)26-15-7-3-1-5-13(15)18(31)25-12-9-10-12/h1-8,12H,9-11H2,(H,25,31)(H,26,30)(H,27,28). The zero-order chi connectivity index (χ0) is 23.4. The lowest BCUT2D eigenvalue weighted by atomic mass is 10.1. The molecule has 1 fully saturated rings. The molecule has 2 amide bonds. The van der Waals surface area contributed by atoms with Gasteiger partial charge in [0.15, 0.2) is 4.34 Å². The van der Waals surface area contributed by atoms with Crippen LogP contribution in [0.15, 0.2) is 52.9 Å². The van der Waals surface area contributed by atoms with E-state index in [0.29, 0.717) is 15.6 Å². The van der Waals surface area contributed by atoms with Gasteiger partial charge in [0.1, 0.15) is 0 Å². The Kier molecular flexibility index (Phi) is 6.84. The van der Waals surface area contributed by atoms with Gasteiger partial charge in [-0.15, -0.1) is 10.2 Å². The summed E-state index contributed by atoms with van der Waals surface area (Å²) in [7, 11) is 0. The van der Waals surface area contributed by atoms with Crippen molar-refractivity contribution >= 4 is 51.4 Å².